The molecule has 1 fully saturated rings. The average molecular weight is 768 g/mol. The van der Waals surface area contributed by atoms with Crippen LogP contribution in [-0.4, -0.2) is 110 Å². The highest BCUT2D eigenvalue weighted by Gasteiger charge is 2.39. The highest BCUT2D eigenvalue weighted by Crippen LogP contribution is 2.23. The zero-order valence-electron chi connectivity index (χ0n) is 34.2. The van der Waals surface area contributed by atoms with Crippen LogP contribution in [0.15, 0.2) is 54.6 Å². The Bertz CT molecular complexity index is 1550. The molecule has 1 aliphatic heterocycles. The van der Waals surface area contributed by atoms with E-state index in [1.165, 1.54) is 30.8 Å². The first-order valence-corrected chi connectivity index (χ1v) is 19.1. The van der Waals surface area contributed by atoms with Gasteiger partial charge in [0.05, 0.1) is 13.2 Å². The SMILES string of the molecule is CC(C)C[C@@H](C(=O)O[C@H](Cc1ccc(N2CCOCC2)cc1)C(=O)N(C)[C@@H](CC(C)C)C(=O)O[C@H](C)C(=O)OCc1ccccc1)N(C)C(=O)OC(C)(C)C. The van der Waals surface area contributed by atoms with Gasteiger partial charge >= 0.3 is 24.0 Å². The molecule has 1 heterocycles. The van der Waals surface area contributed by atoms with Gasteiger partial charge in [-0.2, -0.15) is 0 Å². The Morgan fingerprint density at radius 3 is 1.82 bits per heavy atom. The second-order valence-electron chi connectivity index (χ2n) is 15.9. The van der Waals surface area contributed by atoms with E-state index in [0.29, 0.717) is 13.2 Å². The predicted octanol–water partition coefficient (Wildman–Crippen LogP) is 5.81. The summed E-state index contributed by atoms with van der Waals surface area (Å²) in [6.45, 7) is 17.0. The number of nitrogens with zero attached hydrogens (tertiary/aromatic N) is 3. The van der Waals surface area contributed by atoms with Gasteiger partial charge in [0.15, 0.2) is 12.2 Å². The summed E-state index contributed by atoms with van der Waals surface area (Å²) in [5, 5.41) is 0. The molecule has 0 N–H and O–H groups in total. The minimum absolute atomic E-state index is 0.00544. The largest absolute Gasteiger partial charge is 0.458 e. The van der Waals surface area contributed by atoms with Gasteiger partial charge < -0.3 is 33.5 Å². The zero-order valence-corrected chi connectivity index (χ0v) is 34.2. The molecule has 0 radical (unpaired) electrons. The number of amides is 2. The van der Waals surface area contributed by atoms with Crippen molar-refractivity contribution < 1.29 is 47.7 Å². The maximum absolute atomic E-state index is 14.5. The highest BCUT2D eigenvalue weighted by atomic mass is 16.6. The summed E-state index contributed by atoms with van der Waals surface area (Å²) in [5.74, 6) is -3.02. The lowest BCUT2D eigenvalue weighted by atomic mass is 10.0. The van der Waals surface area contributed by atoms with E-state index in [9.17, 15) is 24.0 Å². The standard InChI is InChI=1S/C42H61N3O10/c1-28(2)24-34(39(48)53-30(5)38(47)52-27-32-14-12-11-13-15-32)43(9)37(46)36(26-31-16-18-33(19-17-31)45-20-22-51-23-21-45)54-40(49)35(25-29(3)4)44(10)41(50)55-42(6,7)8/h11-19,28-30,34-36H,20-27H2,1-10H3/t30-,34+,35+,36-/m1/s1. The predicted molar refractivity (Wildman–Crippen MR) is 208 cm³/mol. The maximum atomic E-state index is 14.5. The lowest BCUT2D eigenvalue weighted by Gasteiger charge is -2.33. The number of hydrogen-bond donors (Lipinski definition) is 0. The van der Waals surface area contributed by atoms with Crippen molar-refractivity contribution >= 4 is 35.6 Å². The lowest BCUT2D eigenvalue weighted by Crippen LogP contribution is -2.52. The number of ether oxygens (including phenoxy) is 5. The van der Waals surface area contributed by atoms with E-state index in [1.807, 2.05) is 82.3 Å². The topological polar surface area (TPSA) is 141 Å². The summed E-state index contributed by atoms with van der Waals surface area (Å²) >= 11 is 0. The van der Waals surface area contributed by atoms with Crippen molar-refractivity contribution in [2.45, 2.75) is 111 Å². The van der Waals surface area contributed by atoms with Gasteiger partial charge in [0.25, 0.3) is 5.91 Å². The lowest BCUT2D eigenvalue weighted by molar-refractivity contribution is -0.174. The van der Waals surface area contributed by atoms with E-state index in [0.717, 1.165) is 29.9 Å². The van der Waals surface area contributed by atoms with Crippen molar-refractivity contribution in [3.05, 3.63) is 65.7 Å². The summed E-state index contributed by atoms with van der Waals surface area (Å²) < 4.78 is 28.0. The van der Waals surface area contributed by atoms with Crippen molar-refractivity contribution in [3.63, 3.8) is 0 Å². The van der Waals surface area contributed by atoms with Crippen LogP contribution in [0.3, 0.4) is 0 Å². The Labute approximate surface area is 326 Å². The van der Waals surface area contributed by atoms with Crippen LogP contribution in [0.1, 0.15) is 79.4 Å². The molecule has 4 atom stereocenters. The van der Waals surface area contributed by atoms with Crippen molar-refractivity contribution in [3.8, 4) is 0 Å². The number of rotatable bonds is 17. The van der Waals surface area contributed by atoms with Crippen LogP contribution in [-0.2, 0) is 55.9 Å². The first-order chi connectivity index (χ1) is 25.9. The van der Waals surface area contributed by atoms with Gasteiger partial charge in [0.1, 0.15) is 24.3 Å². The van der Waals surface area contributed by atoms with E-state index >= 15 is 0 Å². The van der Waals surface area contributed by atoms with Crippen molar-refractivity contribution in [1.82, 2.24) is 9.80 Å². The Morgan fingerprint density at radius 1 is 0.727 bits per heavy atom. The van der Waals surface area contributed by atoms with Gasteiger partial charge in [-0.05, 0) is 75.6 Å². The van der Waals surface area contributed by atoms with Crippen LogP contribution >= 0.6 is 0 Å². The summed E-state index contributed by atoms with van der Waals surface area (Å²) in [4.78, 5) is 72.7. The molecule has 0 saturated carbocycles. The molecule has 304 valence electrons. The third-order valence-corrected chi connectivity index (χ3v) is 9.01. The Hall–Kier alpha value is -4.65. The van der Waals surface area contributed by atoms with Gasteiger partial charge in [0, 0.05) is 39.3 Å². The number of carbonyl (C=O) groups is 5. The van der Waals surface area contributed by atoms with Crippen molar-refractivity contribution in [1.29, 1.82) is 0 Å². The van der Waals surface area contributed by atoms with Crippen LogP contribution in [0.2, 0.25) is 0 Å². The second-order valence-corrected chi connectivity index (χ2v) is 15.9. The Kier molecular flexibility index (Phi) is 17.0. The Morgan fingerprint density at radius 2 is 1.27 bits per heavy atom. The number of likely N-dealkylation sites (N-methyl/N-ethyl adjacent to an activating group) is 2. The fraction of sp³-hybridized carbons (Fsp3) is 0.595. The highest BCUT2D eigenvalue weighted by molar-refractivity contribution is 5.90. The van der Waals surface area contributed by atoms with Crippen molar-refractivity contribution in [2.75, 3.05) is 45.3 Å². The van der Waals surface area contributed by atoms with Crippen molar-refractivity contribution in [2.24, 2.45) is 11.8 Å². The summed E-state index contributed by atoms with van der Waals surface area (Å²) in [7, 11) is 2.92. The number of esters is 3. The molecule has 55 heavy (non-hydrogen) atoms. The Balaban J connectivity index is 1.88. The molecule has 0 bridgehead atoms. The molecule has 0 unspecified atom stereocenters. The van der Waals surface area contributed by atoms with Gasteiger partial charge in [-0.1, -0.05) is 70.2 Å². The number of morpholine rings is 1. The minimum atomic E-state index is -1.37. The van der Waals surface area contributed by atoms with E-state index in [1.54, 1.807) is 20.8 Å². The summed E-state index contributed by atoms with van der Waals surface area (Å²) in [5.41, 5.74) is 1.69. The molecule has 1 aliphatic rings. The maximum Gasteiger partial charge on any atom is 0.410 e. The van der Waals surface area contributed by atoms with Gasteiger partial charge in [-0.3, -0.25) is 9.69 Å². The quantitative estimate of drug-likeness (QED) is 0.142. The first kappa shape index (κ1) is 44.7. The molecule has 1 saturated heterocycles. The molecule has 2 aromatic carbocycles. The molecule has 2 aromatic rings. The molecule has 13 nitrogen and oxygen atoms in total. The smallest absolute Gasteiger partial charge is 0.410 e. The van der Waals surface area contributed by atoms with E-state index in [2.05, 4.69) is 4.90 Å². The minimum Gasteiger partial charge on any atom is -0.458 e. The third kappa shape index (κ3) is 14.5. The van der Waals surface area contributed by atoms with E-state index < -0.39 is 59.8 Å². The monoisotopic (exact) mass is 767 g/mol. The van der Waals surface area contributed by atoms with Crippen LogP contribution in [0.25, 0.3) is 0 Å². The van der Waals surface area contributed by atoms with Gasteiger partial charge in [-0.15, -0.1) is 0 Å². The average Bonchev–Trinajstić information content (AvgIpc) is 3.13. The molecule has 13 heteroatoms. The second kappa shape index (κ2) is 20.9. The molecule has 3 rings (SSSR count). The van der Waals surface area contributed by atoms with Crippen LogP contribution in [0.4, 0.5) is 10.5 Å². The third-order valence-electron chi connectivity index (χ3n) is 9.01. The normalized spacial score (nSPS) is 15.4. The molecule has 0 aromatic heterocycles. The number of benzene rings is 2. The van der Waals surface area contributed by atoms with Gasteiger partial charge in [-0.25, -0.2) is 19.2 Å². The van der Waals surface area contributed by atoms with E-state index in [-0.39, 0.29) is 37.7 Å². The van der Waals surface area contributed by atoms with Gasteiger partial charge in [0.2, 0.25) is 0 Å². The van der Waals surface area contributed by atoms with Crippen LogP contribution in [0, 0.1) is 11.8 Å². The molecular formula is C42H61N3O10. The number of carbonyl (C=O) groups excluding carboxylic acids is 5. The molecule has 0 aliphatic carbocycles. The van der Waals surface area contributed by atoms with Crippen LogP contribution < -0.4 is 4.90 Å². The molecular weight excluding hydrogens is 706 g/mol. The van der Waals surface area contributed by atoms with E-state index in [4.69, 9.17) is 23.7 Å². The number of anilines is 1. The summed E-state index contributed by atoms with van der Waals surface area (Å²) in [6, 6.07) is 14.6. The first-order valence-electron chi connectivity index (χ1n) is 19.1. The number of hydrogen-bond acceptors (Lipinski definition) is 11. The van der Waals surface area contributed by atoms with Crippen LogP contribution in [0.5, 0.6) is 0 Å². The summed E-state index contributed by atoms with van der Waals surface area (Å²) in [6.07, 6.45) is -2.87. The molecule has 2 amide bonds. The fourth-order valence-corrected chi connectivity index (χ4v) is 5.98. The zero-order chi connectivity index (χ0) is 40.9. The fourth-order valence-electron chi connectivity index (χ4n) is 5.98. The molecule has 0 spiro atoms.